The van der Waals surface area contributed by atoms with Crippen LogP contribution in [0, 0.1) is 6.92 Å². The van der Waals surface area contributed by atoms with E-state index in [9.17, 15) is 5.11 Å². The van der Waals surface area contributed by atoms with Gasteiger partial charge in [-0.15, -0.1) is 0 Å². The van der Waals surface area contributed by atoms with E-state index in [2.05, 4.69) is 23.4 Å². The minimum absolute atomic E-state index is 0.180. The maximum atomic E-state index is 9.29. The first-order valence-corrected chi connectivity index (χ1v) is 9.17. The van der Waals surface area contributed by atoms with Crippen LogP contribution < -0.4 is 0 Å². The first-order chi connectivity index (χ1) is 10.7. The standard InChI is InChI=1S/C19H35N2O/c1-3-4-5-6-7-8-9-10-11-12-13-19(2,14-17-22)21-16-15-20-18-21/h15-16,18,22H,2-14,17H2,1H3. The van der Waals surface area contributed by atoms with E-state index in [1.165, 1.54) is 64.2 Å². The van der Waals surface area contributed by atoms with Gasteiger partial charge in [0.2, 0.25) is 0 Å². The lowest BCUT2D eigenvalue weighted by atomic mass is 9.90. The molecule has 1 aromatic heterocycles. The molecule has 0 fully saturated rings. The number of aromatic nitrogens is 2. The number of nitrogens with zero attached hydrogens (tertiary/aromatic N) is 2. The molecule has 1 N–H and O–H groups in total. The average molecular weight is 308 g/mol. The van der Waals surface area contributed by atoms with Crippen LogP contribution in [0.2, 0.25) is 0 Å². The van der Waals surface area contributed by atoms with Gasteiger partial charge in [0.15, 0.2) is 0 Å². The summed E-state index contributed by atoms with van der Waals surface area (Å²) >= 11 is 0. The van der Waals surface area contributed by atoms with Gasteiger partial charge in [0, 0.05) is 24.5 Å². The van der Waals surface area contributed by atoms with Crippen molar-refractivity contribution < 1.29 is 5.11 Å². The van der Waals surface area contributed by atoms with E-state index in [-0.39, 0.29) is 12.1 Å². The van der Waals surface area contributed by atoms with Crippen LogP contribution in [0.1, 0.15) is 84.0 Å². The van der Waals surface area contributed by atoms with E-state index in [1.807, 2.05) is 12.5 Å². The van der Waals surface area contributed by atoms with Crippen LogP contribution in [0.25, 0.3) is 0 Å². The Balaban J connectivity index is 2.09. The Labute approximate surface area is 137 Å². The molecule has 3 heteroatoms. The predicted molar refractivity (Wildman–Crippen MR) is 93.7 cm³/mol. The molecule has 0 amide bonds. The zero-order chi connectivity index (χ0) is 16.1. The molecule has 0 saturated carbocycles. The SMILES string of the molecule is [CH2]C(CCO)(CCCCCCCCCCCC)n1ccnc1. The fourth-order valence-corrected chi connectivity index (χ4v) is 3.07. The molecule has 3 nitrogen and oxygen atoms in total. The Morgan fingerprint density at radius 3 is 2.05 bits per heavy atom. The number of imidazole rings is 1. The number of aliphatic hydroxyl groups excluding tert-OH is 1. The van der Waals surface area contributed by atoms with E-state index in [0.717, 1.165) is 6.42 Å². The Morgan fingerprint density at radius 1 is 0.955 bits per heavy atom. The maximum absolute atomic E-state index is 9.29. The molecule has 1 rings (SSSR count). The lowest BCUT2D eigenvalue weighted by Crippen LogP contribution is -2.30. The summed E-state index contributed by atoms with van der Waals surface area (Å²) in [4.78, 5) is 4.11. The molecule has 0 aliphatic carbocycles. The van der Waals surface area contributed by atoms with Crippen molar-refractivity contribution >= 4 is 0 Å². The summed E-state index contributed by atoms with van der Waals surface area (Å²) < 4.78 is 2.05. The molecule has 1 atom stereocenters. The van der Waals surface area contributed by atoms with Crippen molar-refractivity contribution in [2.75, 3.05) is 6.61 Å². The largest absolute Gasteiger partial charge is 0.396 e. The minimum Gasteiger partial charge on any atom is -0.396 e. The average Bonchev–Trinajstić information content (AvgIpc) is 3.04. The topological polar surface area (TPSA) is 38.0 Å². The van der Waals surface area contributed by atoms with Crippen molar-refractivity contribution in [3.63, 3.8) is 0 Å². The predicted octanol–water partition coefficient (Wildman–Crippen LogP) is 5.11. The number of aliphatic hydroxyl groups is 1. The lowest BCUT2D eigenvalue weighted by molar-refractivity contribution is 0.205. The van der Waals surface area contributed by atoms with Crippen LogP contribution in [0.15, 0.2) is 18.7 Å². The van der Waals surface area contributed by atoms with E-state index in [4.69, 9.17) is 0 Å². The van der Waals surface area contributed by atoms with Gasteiger partial charge < -0.3 is 9.67 Å². The van der Waals surface area contributed by atoms with Gasteiger partial charge >= 0.3 is 0 Å². The fourth-order valence-electron chi connectivity index (χ4n) is 3.07. The molecule has 22 heavy (non-hydrogen) atoms. The molecular formula is C19H35N2O. The zero-order valence-electron chi connectivity index (χ0n) is 14.5. The number of unbranched alkanes of at least 4 members (excludes halogenated alkanes) is 9. The summed E-state index contributed by atoms with van der Waals surface area (Å²) in [6.45, 7) is 6.79. The van der Waals surface area contributed by atoms with Crippen molar-refractivity contribution in [3.8, 4) is 0 Å². The molecule has 0 aromatic carbocycles. The molecule has 127 valence electrons. The van der Waals surface area contributed by atoms with E-state index in [1.54, 1.807) is 6.20 Å². The smallest absolute Gasteiger partial charge is 0.0951 e. The van der Waals surface area contributed by atoms with Crippen molar-refractivity contribution in [1.82, 2.24) is 9.55 Å². The Kier molecular flexibility index (Phi) is 10.2. The summed E-state index contributed by atoms with van der Waals surface area (Å²) in [5, 5.41) is 9.29. The van der Waals surface area contributed by atoms with Crippen LogP contribution in [-0.4, -0.2) is 21.3 Å². The van der Waals surface area contributed by atoms with Gasteiger partial charge in [-0.05, 0) is 19.8 Å². The summed E-state index contributed by atoms with van der Waals surface area (Å²) in [6.07, 6.45) is 20.7. The zero-order valence-corrected chi connectivity index (χ0v) is 14.5. The van der Waals surface area contributed by atoms with Gasteiger partial charge in [0.25, 0.3) is 0 Å². The van der Waals surface area contributed by atoms with E-state index >= 15 is 0 Å². The first kappa shape index (κ1) is 19.2. The van der Waals surface area contributed by atoms with Gasteiger partial charge in [-0.1, -0.05) is 71.1 Å². The van der Waals surface area contributed by atoms with Crippen molar-refractivity contribution in [2.24, 2.45) is 0 Å². The lowest BCUT2D eigenvalue weighted by Gasteiger charge is -2.30. The monoisotopic (exact) mass is 307 g/mol. The van der Waals surface area contributed by atoms with Crippen molar-refractivity contribution in [3.05, 3.63) is 25.6 Å². The van der Waals surface area contributed by atoms with Crippen LogP contribution in [0.3, 0.4) is 0 Å². The van der Waals surface area contributed by atoms with Gasteiger partial charge in [0.1, 0.15) is 0 Å². The Morgan fingerprint density at radius 2 is 1.55 bits per heavy atom. The Bertz CT molecular complexity index is 350. The molecule has 1 radical (unpaired) electrons. The highest BCUT2D eigenvalue weighted by molar-refractivity contribution is 4.93. The highest BCUT2D eigenvalue weighted by Crippen LogP contribution is 2.27. The summed E-state index contributed by atoms with van der Waals surface area (Å²) in [5.74, 6) is 0. The third-order valence-electron chi connectivity index (χ3n) is 4.62. The summed E-state index contributed by atoms with van der Waals surface area (Å²) in [5.41, 5.74) is -0.231. The van der Waals surface area contributed by atoms with Crippen LogP contribution in [-0.2, 0) is 5.54 Å². The normalized spacial score (nSPS) is 14.1. The second-order valence-electron chi connectivity index (χ2n) is 6.60. The molecule has 1 unspecified atom stereocenters. The minimum atomic E-state index is -0.231. The number of rotatable bonds is 14. The maximum Gasteiger partial charge on any atom is 0.0951 e. The molecule has 1 aromatic rings. The molecule has 1 heterocycles. The van der Waals surface area contributed by atoms with Gasteiger partial charge in [-0.25, -0.2) is 4.98 Å². The number of hydrogen-bond donors (Lipinski definition) is 1. The third kappa shape index (κ3) is 7.44. The van der Waals surface area contributed by atoms with Crippen molar-refractivity contribution in [2.45, 2.75) is 89.5 Å². The van der Waals surface area contributed by atoms with Crippen LogP contribution in [0.4, 0.5) is 0 Å². The summed E-state index contributed by atoms with van der Waals surface area (Å²) in [6, 6.07) is 0. The van der Waals surface area contributed by atoms with E-state index < -0.39 is 0 Å². The molecule has 0 spiro atoms. The van der Waals surface area contributed by atoms with Crippen LogP contribution in [0.5, 0.6) is 0 Å². The Hall–Kier alpha value is -0.830. The van der Waals surface area contributed by atoms with Crippen molar-refractivity contribution in [1.29, 1.82) is 0 Å². The molecule has 0 saturated heterocycles. The fraction of sp³-hybridized carbons (Fsp3) is 0.789. The highest BCUT2D eigenvalue weighted by Gasteiger charge is 2.24. The molecule has 0 bridgehead atoms. The summed E-state index contributed by atoms with van der Waals surface area (Å²) in [7, 11) is 0. The quantitative estimate of drug-likeness (QED) is 0.485. The van der Waals surface area contributed by atoms with Crippen LogP contribution >= 0.6 is 0 Å². The second-order valence-corrected chi connectivity index (χ2v) is 6.60. The first-order valence-electron chi connectivity index (χ1n) is 9.17. The van der Waals surface area contributed by atoms with Gasteiger partial charge in [-0.3, -0.25) is 0 Å². The number of hydrogen-bond acceptors (Lipinski definition) is 2. The molecular weight excluding hydrogens is 272 g/mol. The van der Waals surface area contributed by atoms with Gasteiger partial charge in [-0.2, -0.15) is 0 Å². The molecule has 0 aliphatic rings. The van der Waals surface area contributed by atoms with E-state index in [0.29, 0.717) is 6.42 Å². The third-order valence-corrected chi connectivity index (χ3v) is 4.62. The second kappa shape index (κ2) is 11.7. The molecule has 0 aliphatic heterocycles. The van der Waals surface area contributed by atoms with Gasteiger partial charge in [0.05, 0.1) is 6.33 Å². The highest BCUT2D eigenvalue weighted by atomic mass is 16.3.